The summed E-state index contributed by atoms with van der Waals surface area (Å²) in [6.07, 6.45) is 16.3. The van der Waals surface area contributed by atoms with E-state index in [2.05, 4.69) is 101 Å². The highest BCUT2D eigenvalue weighted by molar-refractivity contribution is 7.99. The topological polar surface area (TPSA) is 114 Å². The van der Waals surface area contributed by atoms with E-state index in [-0.39, 0.29) is 22.2 Å². The van der Waals surface area contributed by atoms with Crippen molar-refractivity contribution in [3.05, 3.63) is 178 Å². The number of benzene rings is 4. The summed E-state index contributed by atoms with van der Waals surface area (Å²) in [5, 5.41) is 27.1. The van der Waals surface area contributed by atoms with Gasteiger partial charge in [0.1, 0.15) is 18.0 Å². The fraction of sp³-hybridized carbons (Fsp3) is 0.281. The molecule has 7 aromatic rings. The third-order valence-electron chi connectivity index (χ3n) is 15.5. The van der Waals surface area contributed by atoms with Crippen LogP contribution in [0.5, 0.6) is 11.5 Å². The van der Waals surface area contributed by atoms with Gasteiger partial charge in [-0.05, 0) is 95.2 Å². The molecule has 6 heterocycles. The Kier molecular flexibility index (Phi) is 13.6. The van der Waals surface area contributed by atoms with Crippen molar-refractivity contribution >= 4 is 63.2 Å². The Labute approximate surface area is 461 Å². The number of likely N-dealkylation sites (N-methyl/N-ethyl adjacent to an activating group) is 2. The minimum Gasteiger partial charge on any atom is -0.545 e. The minimum absolute atomic E-state index is 0.0436. The fourth-order valence-electron chi connectivity index (χ4n) is 11.8. The van der Waals surface area contributed by atoms with Gasteiger partial charge in [-0.2, -0.15) is 13.7 Å². The van der Waals surface area contributed by atoms with E-state index in [1.165, 1.54) is 11.8 Å². The van der Waals surface area contributed by atoms with Crippen LogP contribution in [0.25, 0.3) is 33.8 Å². The molecule has 0 spiro atoms. The largest absolute Gasteiger partial charge is 0.545 e. The molecule has 0 radical (unpaired) electrons. The highest BCUT2D eigenvalue weighted by Crippen LogP contribution is 2.50. The number of nitrogens with zero attached hydrogens (tertiary/aromatic N) is 8. The Hall–Kier alpha value is -8.23. The zero-order valence-corrected chi connectivity index (χ0v) is 48.0. The summed E-state index contributed by atoms with van der Waals surface area (Å²) in [6.45, 7) is 19.0. The predicted octanol–water partition coefficient (Wildman–Crippen LogP) is 8.01. The van der Waals surface area contributed by atoms with Crippen molar-refractivity contribution in [2.45, 2.75) is 76.3 Å². The Morgan fingerprint density at radius 2 is 1.18 bits per heavy atom. The Morgan fingerprint density at radius 3 is 1.68 bits per heavy atom. The van der Waals surface area contributed by atoms with Crippen LogP contribution >= 0.6 is 11.8 Å². The van der Waals surface area contributed by atoms with Gasteiger partial charge in [-0.15, -0.1) is 0 Å². The summed E-state index contributed by atoms with van der Waals surface area (Å²) in [4.78, 5) is 37.4. The van der Waals surface area contributed by atoms with E-state index < -0.39 is 11.9 Å². The maximum absolute atomic E-state index is 15.3. The number of fused-ring (bicyclic) bond motifs is 4. The molecule has 1 N–H and O–H groups in total. The SMILES string of the molecule is CCN1c2cc3c(cc2C(C)=CC1(C)C)C(c1c(C(=O)[O-])c(-[n+]2ccc(N(C)C)cc2)c(-[n+]2ccc(N(C)C)cc2)c(Sc2ccc(C(=O)O)cc2)c1-[n+]1ccc(N(C)C)cc1)=c1cc2c(cc1O3)=[N+](CC)C(C)(C)C=C2C. The molecule has 0 amide bonds. The molecule has 3 aromatic heterocycles. The van der Waals surface area contributed by atoms with E-state index in [0.717, 1.165) is 79.1 Å². The van der Waals surface area contributed by atoms with E-state index in [1.807, 2.05) is 156 Å². The van der Waals surface area contributed by atoms with Crippen molar-refractivity contribution in [2.75, 3.05) is 75.0 Å². The van der Waals surface area contributed by atoms with Gasteiger partial charge in [0.15, 0.2) is 47.6 Å². The van der Waals surface area contributed by atoms with Gasteiger partial charge in [0, 0.05) is 160 Å². The lowest BCUT2D eigenvalue weighted by molar-refractivity contribution is -0.637. The molecule has 0 saturated heterocycles. The molecule has 13 nitrogen and oxygen atoms in total. The lowest BCUT2D eigenvalue weighted by atomic mass is 9.82. The van der Waals surface area contributed by atoms with E-state index >= 15 is 9.90 Å². The number of carboxylic acids is 2. The number of allylic oxidation sites excluding steroid dienone is 2. The number of hydrogen-bond acceptors (Lipinski definition) is 9. The third-order valence-corrected chi connectivity index (χ3v) is 16.6. The number of carboxylic acid groups (broad SMARTS) is 2. The molecule has 3 aliphatic rings. The number of pyridine rings is 3. The van der Waals surface area contributed by atoms with Gasteiger partial charge >= 0.3 is 11.7 Å². The van der Waals surface area contributed by atoms with Crippen LogP contribution in [0.15, 0.2) is 144 Å². The maximum Gasteiger partial charge on any atom is 0.335 e. The van der Waals surface area contributed by atoms with Crippen LogP contribution in [0.1, 0.15) is 98.4 Å². The van der Waals surface area contributed by atoms with Gasteiger partial charge in [-0.1, -0.05) is 17.8 Å². The van der Waals surface area contributed by atoms with Gasteiger partial charge in [0.05, 0.1) is 34.3 Å². The molecule has 0 saturated carbocycles. The van der Waals surface area contributed by atoms with Crippen molar-refractivity contribution < 1.29 is 38.2 Å². The number of aromatic nitrogens is 3. The van der Waals surface area contributed by atoms with Crippen molar-refractivity contribution in [2.24, 2.45) is 0 Å². The molecule has 0 fully saturated rings. The standard InChI is InChI=1S/C64H68N8O5S/c1-15-71-50-35-52-48(33-46(50)39(3)37-63(71,5)6)54(49-34-47-40(4)38-64(7,8)72(16-2)51(47)36-53(49)77-52)55-56(62(75)76)57(68-27-21-42(22-28-68)65(9)10)59(70-31-25-44(26-32-70)67(13)14)60(78-45-19-17-41(18-20-45)61(73)74)58(55)69-29-23-43(24-30-69)66(11)12/h17-38H,15-16H2,1-14H3/q+2/p+1. The number of ether oxygens (including phenoxy) is 1. The molecule has 0 unspecified atom stereocenters. The summed E-state index contributed by atoms with van der Waals surface area (Å²) < 4.78 is 15.6. The Bertz CT molecular complexity index is 3800. The second-order valence-corrected chi connectivity index (χ2v) is 23.2. The monoisotopic (exact) mass is 1060 g/mol. The number of carbonyl (C=O) groups is 2. The van der Waals surface area contributed by atoms with Crippen molar-refractivity contribution in [1.29, 1.82) is 0 Å². The smallest absolute Gasteiger partial charge is 0.335 e. The van der Waals surface area contributed by atoms with Crippen LogP contribution < -0.4 is 58.3 Å². The van der Waals surface area contributed by atoms with E-state index in [0.29, 0.717) is 44.6 Å². The van der Waals surface area contributed by atoms with Gasteiger partial charge in [0.25, 0.3) is 5.69 Å². The van der Waals surface area contributed by atoms with Gasteiger partial charge < -0.3 is 39.3 Å². The molecule has 0 aliphatic carbocycles. The molecule has 10 rings (SSSR count). The number of aromatic carboxylic acids is 2. The van der Waals surface area contributed by atoms with E-state index in [1.54, 1.807) is 12.1 Å². The minimum atomic E-state index is -1.38. The first-order valence-electron chi connectivity index (χ1n) is 26.4. The zero-order chi connectivity index (χ0) is 55.9. The number of anilines is 4. The predicted molar refractivity (Wildman–Crippen MR) is 310 cm³/mol. The first kappa shape index (κ1) is 53.2. The van der Waals surface area contributed by atoms with Crippen molar-refractivity contribution in [3.8, 4) is 28.6 Å². The molecule has 0 atom stereocenters. The third kappa shape index (κ3) is 9.14. The average molecular weight is 1060 g/mol. The summed E-state index contributed by atoms with van der Waals surface area (Å²) in [6, 6.07) is 27.5. The summed E-state index contributed by atoms with van der Waals surface area (Å²) >= 11 is 1.44. The Morgan fingerprint density at radius 1 is 0.654 bits per heavy atom. The summed E-state index contributed by atoms with van der Waals surface area (Å²) in [5.74, 6) is -1.23. The summed E-state index contributed by atoms with van der Waals surface area (Å²) in [5.41, 5.74) is 10.8. The number of carbonyl (C=O) groups excluding carboxylic acids is 1. The molecule has 0 bridgehead atoms. The van der Waals surface area contributed by atoms with E-state index in [4.69, 9.17) is 4.74 Å². The van der Waals surface area contributed by atoms with Gasteiger partial charge in [-0.25, -0.2) is 9.37 Å². The maximum atomic E-state index is 15.3. The second-order valence-electron chi connectivity index (χ2n) is 22.1. The molecule has 3 aliphatic heterocycles. The van der Waals surface area contributed by atoms with Crippen molar-refractivity contribution in [3.63, 3.8) is 0 Å². The molecular weight excluding hydrogens is 993 g/mol. The van der Waals surface area contributed by atoms with Crippen LogP contribution in [-0.4, -0.2) is 83.5 Å². The average Bonchev–Trinajstić information content (AvgIpc) is 3.43. The zero-order valence-electron chi connectivity index (χ0n) is 47.2. The molecule has 398 valence electrons. The second kappa shape index (κ2) is 20.0. The quantitative estimate of drug-likeness (QED) is 0.114. The number of rotatable bonds is 13. The molecule has 14 heteroatoms. The van der Waals surface area contributed by atoms with Crippen LogP contribution in [0, 0.1) is 0 Å². The van der Waals surface area contributed by atoms with E-state index in [9.17, 15) is 9.90 Å². The van der Waals surface area contributed by atoms with Gasteiger partial charge in [-0.3, -0.25) is 0 Å². The highest BCUT2D eigenvalue weighted by atomic mass is 32.2. The Balaban J connectivity index is 1.50. The molecular formula is C64H69N8O5S+3. The molecule has 78 heavy (non-hydrogen) atoms. The van der Waals surface area contributed by atoms with Crippen LogP contribution in [-0.2, 0) is 0 Å². The molecule has 4 aromatic carbocycles. The van der Waals surface area contributed by atoms with Crippen LogP contribution in [0.4, 0.5) is 22.7 Å². The summed E-state index contributed by atoms with van der Waals surface area (Å²) in [7, 11) is 11.9. The number of hydrogen-bond donors (Lipinski definition) is 1. The first-order valence-corrected chi connectivity index (χ1v) is 27.3. The van der Waals surface area contributed by atoms with Crippen molar-refractivity contribution in [1.82, 2.24) is 4.58 Å². The van der Waals surface area contributed by atoms with Gasteiger partial charge in [0.2, 0.25) is 11.0 Å². The normalized spacial score (nSPS) is 14.8. The lowest BCUT2D eigenvalue weighted by Crippen LogP contribution is -2.49. The first-order chi connectivity index (χ1) is 37.0. The van der Waals surface area contributed by atoms with Crippen LogP contribution in [0.2, 0.25) is 0 Å². The fourth-order valence-corrected chi connectivity index (χ4v) is 12.9. The lowest BCUT2D eigenvalue weighted by Gasteiger charge is -2.43. The van der Waals surface area contributed by atoms with Crippen LogP contribution in [0.3, 0.4) is 0 Å². The highest BCUT2D eigenvalue weighted by Gasteiger charge is 2.44.